The van der Waals surface area contributed by atoms with Crippen molar-refractivity contribution < 1.29 is 0 Å². The Morgan fingerprint density at radius 1 is 1.60 bits per heavy atom. The van der Waals surface area contributed by atoms with Crippen LogP contribution < -0.4 is 5.32 Å². The normalized spacial score (nSPS) is 10.9. The van der Waals surface area contributed by atoms with Crippen LogP contribution in [0.1, 0.15) is 32.4 Å². The van der Waals surface area contributed by atoms with E-state index in [2.05, 4.69) is 36.9 Å². The largest absolute Gasteiger partial charge is 0.309 e. The van der Waals surface area contributed by atoms with Gasteiger partial charge >= 0.3 is 0 Å². The van der Waals surface area contributed by atoms with E-state index < -0.39 is 0 Å². The third-order valence-electron chi connectivity index (χ3n) is 2.18. The second kappa shape index (κ2) is 6.40. The number of aromatic nitrogens is 2. The number of nitrogens with one attached hydrogen (secondary N) is 1. The van der Waals surface area contributed by atoms with Crippen LogP contribution in [-0.4, -0.2) is 15.8 Å². The molecule has 15 heavy (non-hydrogen) atoms. The van der Waals surface area contributed by atoms with E-state index in [1.807, 2.05) is 17.0 Å². The average Bonchev–Trinajstić information content (AvgIpc) is 2.63. The molecular weight excluding hydrogens is 186 g/mol. The molecule has 3 nitrogen and oxygen atoms in total. The molecule has 0 bridgehead atoms. The Balaban J connectivity index is 2.32. The highest BCUT2D eigenvalue weighted by molar-refractivity contribution is 4.98. The third-order valence-corrected chi connectivity index (χ3v) is 2.18. The van der Waals surface area contributed by atoms with Crippen molar-refractivity contribution in [1.82, 2.24) is 15.1 Å². The van der Waals surface area contributed by atoms with Gasteiger partial charge in [0.25, 0.3) is 0 Å². The van der Waals surface area contributed by atoms with Gasteiger partial charge in [0.2, 0.25) is 0 Å². The maximum Gasteiger partial charge on any atom is 0.0762 e. The molecule has 0 radical (unpaired) electrons. The van der Waals surface area contributed by atoms with Crippen LogP contribution in [0.25, 0.3) is 0 Å². The van der Waals surface area contributed by atoms with Gasteiger partial charge < -0.3 is 5.32 Å². The Morgan fingerprint density at radius 2 is 2.40 bits per heavy atom. The molecule has 1 rings (SSSR count). The third kappa shape index (κ3) is 4.79. The zero-order valence-corrected chi connectivity index (χ0v) is 9.74. The Labute approximate surface area is 92.2 Å². The Kier molecular flexibility index (Phi) is 5.12. The summed E-state index contributed by atoms with van der Waals surface area (Å²) < 4.78 is 2.00. The van der Waals surface area contributed by atoms with Crippen LogP contribution in [0.5, 0.6) is 0 Å². The fraction of sp³-hybridized carbons (Fsp3) is 0.583. The molecule has 0 spiro atoms. The molecule has 0 aliphatic carbocycles. The van der Waals surface area contributed by atoms with Crippen molar-refractivity contribution in [1.29, 1.82) is 0 Å². The van der Waals surface area contributed by atoms with Gasteiger partial charge in [-0.25, -0.2) is 0 Å². The number of hydrogen-bond donors (Lipinski definition) is 1. The van der Waals surface area contributed by atoms with E-state index >= 15 is 0 Å². The molecule has 0 aliphatic rings. The summed E-state index contributed by atoms with van der Waals surface area (Å²) in [4.78, 5) is 0. The van der Waals surface area contributed by atoms with E-state index in [-0.39, 0.29) is 0 Å². The van der Waals surface area contributed by atoms with Crippen LogP contribution in [0.3, 0.4) is 0 Å². The molecule has 1 N–H and O–H groups in total. The van der Waals surface area contributed by atoms with Crippen LogP contribution in [0, 0.1) is 0 Å². The fourth-order valence-corrected chi connectivity index (χ4v) is 1.33. The summed E-state index contributed by atoms with van der Waals surface area (Å²) in [6.07, 6.45) is 6.16. The number of hydrogen-bond acceptors (Lipinski definition) is 2. The molecule has 0 aromatic carbocycles. The first-order valence-electron chi connectivity index (χ1n) is 5.59. The molecule has 0 saturated carbocycles. The predicted molar refractivity (Wildman–Crippen MR) is 63.6 cm³/mol. The van der Waals surface area contributed by atoms with Crippen molar-refractivity contribution in [3.05, 3.63) is 30.6 Å². The summed E-state index contributed by atoms with van der Waals surface area (Å²) in [7, 11) is 0. The van der Waals surface area contributed by atoms with Crippen molar-refractivity contribution in [2.45, 2.75) is 45.8 Å². The van der Waals surface area contributed by atoms with Gasteiger partial charge in [-0.1, -0.05) is 19.9 Å². The minimum atomic E-state index is 0.510. The number of rotatable bonds is 7. The lowest BCUT2D eigenvalue weighted by Gasteiger charge is -2.05. The highest BCUT2D eigenvalue weighted by Crippen LogP contribution is 1.99. The quantitative estimate of drug-likeness (QED) is 0.549. The molecule has 0 atom stereocenters. The summed E-state index contributed by atoms with van der Waals surface area (Å²) in [5, 5.41) is 7.82. The van der Waals surface area contributed by atoms with E-state index in [1.54, 1.807) is 0 Å². The molecule has 0 aliphatic heterocycles. The lowest BCUT2D eigenvalue weighted by Crippen LogP contribution is -2.22. The minimum Gasteiger partial charge on any atom is -0.309 e. The molecule has 3 heteroatoms. The van der Waals surface area contributed by atoms with Crippen LogP contribution >= 0.6 is 0 Å². The summed E-state index contributed by atoms with van der Waals surface area (Å²) in [6.45, 7) is 9.82. The van der Waals surface area contributed by atoms with Crippen molar-refractivity contribution >= 4 is 0 Å². The van der Waals surface area contributed by atoms with E-state index in [0.29, 0.717) is 6.04 Å². The molecule has 0 fully saturated rings. The molecule has 84 valence electrons. The zero-order chi connectivity index (χ0) is 11.1. The second-order valence-electron chi connectivity index (χ2n) is 4.04. The first-order valence-corrected chi connectivity index (χ1v) is 5.59. The van der Waals surface area contributed by atoms with Crippen LogP contribution in [-0.2, 0) is 13.1 Å². The van der Waals surface area contributed by atoms with Gasteiger partial charge in [0, 0.05) is 25.3 Å². The van der Waals surface area contributed by atoms with Gasteiger partial charge in [-0.15, -0.1) is 6.58 Å². The van der Waals surface area contributed by atoms with Gasteiger partial charge in [0.15, 0.2) is 0 Å². The summed E-state index contributed by atoms with van der Waals surface area (Å²) in [5.74, 6) is 0. The Morgan fingerprint density at radius 3 is 3.07 bits per heavy atom. The molecule has 0 amide bonds. The second-order valence-corrected chi connectivity index (χ2v) is 4.04. The van der Waals surface area contributed by atoms with Crippen molar-refractivity contribution in [3.63, 3.8) is 0 Å². The molecule has 0 unspecified atom stereocenters. The Hall–Kier alpha value is -1.09. The van der Waals surface area contributed by atoms with Crippen molar-refractivity contribution in [2.75, 3.05) is 0 Å². The molecule has 1 heterocycles. The smallest absolute Gasteiger partial charge is 0.0762 e. The monoisotopic (exact) mass is 207 g/mol. The van der Waals surface area contributed by atoms with Gasteiger partial charge in [-0.2, -0.15) is 5.10 Å². The lowest BCUT2D eigenvalue weighted by atomic mass is 10.3. The van der Waals surface area contributed by atoms with Crippen molar-refractivity contribution in [2.24, 2.45) is 0 Å². The SMILES string of the molecule is C=CCCCn1ccc(CNC(C)C)n1. The topological polar surface area (TPSA) is 29.9 Å². The molecular formula is C12H21N3. The van der Waals surface area contributed by atoms with E-state index in [4.69, 9.17) is 0 Å². The van der Waals surface area contributed by atoms with Gasteiger partial charge in [0.05, 0.1) is 5.69 Å². The summed E-state index contributed by atoms with van der Waals surface area (Å²) in [6, 6.07) is 2.58. The average molecular weight is 207 g/mol. The number of allylic oxidation sites excluding steroid dienone is 1. The predicted octanol–water partition coefficient (Wildman–Crippen LogP) is 2.35. The first-order chi connectivity index (χ1) is 7.22. The first kappa shape index (κ1) is 12.0. The van der Waals surface area contributed by atoms with E-state index in [1.165, 1.54) is 0 Å². The number of aryl methyl sites for hydroxylation is 1. The summed E-state index contributed by atoms with van der Waals surface area (Å²) in [5.41, 5.74) is 1.11. The highest BCUT2D eigenvalue weighted by Gasteiger charge is 1.99. The highest BCUT2D eigenvalue weighted by atomic mass is 15.3. The van der Waals surface area contributed by atoms with Crippen LogP contribution in [0.2, 0.25) is 0 Å². The van der Waals surface area contributed by atoms with Gasteiger partial charge in [0.1, 0.15) is 0 Å². The zero-order valence-electron chi connectivity index (χ0n) is 9.74. The fourth-order valence-electron chi connectivity index (χ4n) is 1.33. The standard InChI is InChI=1S/C12H21N3/c1-4-5-6-8-15-9-7-12(14-15)10-13-11(2)3/h4,7,9,11,13H,1,5-6,8,10H2,2-3H3. The maximum absolute atomic E-state index is 4.47. The van der Waals surface area contributed by atoms with Crippen LogP contribution in [0.4, 0.5) is 0 Å². The maximum atomic E-state index is 4.47. The lowest BCUT2D eigenvalue weighted by molar-refractivity contribution is 0.549. The number of nitrogens with zero attached hydrogens (tertiary/aromatic N) is 2. The van der Waals surface area contributed by atoms with Gasteiger partial charge in [-0.05, 0) is 18.9 Å². The van der Waals surface area contributed by atoms with Crippen molar-refractivity contribution in [3.8, 4) is 0 Å². The van der Waals surface area contributed by atoms with E-state index in [0.717, 1.165) is 31.6 Å². The van der Waals surface area contributed by atoms with E-state index in [9.17, 15) is 0 Å². The van der Waals surface area contributed by atoms with Crippen LogP contribution in [0.15, 0.2) is 24.9 Å². The summed E-state index contributed by atoms with van der Waals surface area (Å²) >= 11 is 0. The molecule has 1 aromatic rings. The minimum absolute atomic E-state index is 0.510. The molecule has 0 saturated heterocycles. The molecule has 1 aromatic heterocycles. The number of unbranched alkanes of at least 4 members (excludes halogenated alkanes) is 1. The Bertz CT molecular complexity index is 289. The van der Waals surface area contributed by atoms with Gasteiger partial charge in [-0.3, -0.25) is 4.68 Å².